The van der Waals surface area contributed by atoms with E-state index >= 15 is 0 Å². The van der Waals surface area contributed by atoms with Crippen LogP contribution in [0.1, 0.15) is 59.4 Å². The number of carbonyl (C=O) groups excluding carboxylic acids is 1. The monoisotopic (exact) mass is 305 g/mol. The molecule has 1 rings (SSSR count). The van der Waals surface area contributed by atoms with Gasteiger partial charge in [0.1, 0.15) is 5.75 Å². The first-order valence-corrected chi connectivity index (χ1v) is 8.23. The smallest absolute Gasteiger partial charge is 0.223 e. The third-order valence-electron chi connectivity index (χ3n) is 3.87. The number of methoxy groups -OCH3 is 1. The average Bonchev–Trinajstić information content (AvgIpc) is 2.45. The minimum Gasteiger partial charge on any atom is -0.497 e. The van der Waals surface area contributed by atoms with Gasteiger partial charge in [-0.25, -0.2) is 0 Å². The van der Waals surface area contributed by atoms with Gasteiger partial charge in [-0.1, -0.05) is 46.8 Å². The molecule has 1 amide bonds. The second-order valence-corrected chi connectivity index (χ2v) is 7.08. The fourth-order valence-electron chi connectivity index (χ4n) is 2.67. The van der Waals surface area contributed by atoms with Crippen molar-refractivity contribution < 1.29 is 9.53 Å². The zero-order valence-corrected chi connectivity index (χ0v) is 15.0. The molecule has 0 atom stereocenters. The van der Waals surface area contributed by atoms with Gasteiger partial charge in [-0.2, -0.15) is 0 Å². The summed E-state index contributed by atoms with van der Waals surface area (Å²) in [5.41, 5.74) is 1.13. The van der Waals surface area contributed by atoms with Crippen molar-refractivity contribution in [2.75, 3.05) is 7.11 Å². The number of rotatable bonds is 7. The van der Waals surface area contributed by atoms with Crippen molar-refractivity contribution in [2.24, 2.45) is 5.41 Å². The van der Waals surface area contributed by atoms with Gasteiger partial charge in [0.05, 0.1) is 7.11 Å². The lowest BCUT2D eigenvalue weighted by molar-refractivity contribution is -0.136. The van der Waals surface area contributed by atoms with Crippen molar-refractivity contribution >= 4 is 5.91 Å². The van der Waals surface area contributed by atoms with E-state index in [2.05, 4.69) is 40.7 Å². The summed E-state index contributed by atoms with van der Waals surface area (Å²) in [7, 11) is 1.67. The van der Waals surface area contributed by atoms with E-state index in [0.29, 0.717) is 19.0 Å². The molecule has 0 saturated carbocycles. The largest absolute Gasteiger partial charge is 0.497 e. The van der Waals surface area contributed by atoms with E-state index < -0.39 is 0 Å². The zero-order chi connectivity index (χ0) is 16.8. The van der Waals surface area contributed by atoms with E-state index in [1.165, 1.54) is 0 Å². The van der Waals surface area contributed by atoms with Crippen LogP contribution in [0.5, 0.6) is 5.75 Å². The van der Waals surface area contributed by atoms with Crippen LogP contribution in [0.3, 0.4) is 0 Å². The number of benzene rings is 1. The van der Waals surface area contributed by atoms with E-state index in [1.54, 1.807) is 7.11 Å². The molecule has 0 fully saturated rings. The van der Waals surface area contributed by atoms with Gasteiger partial charge in [0, 0.05) is 19.0 Å². The summed E-state index contributed by atoms with van der Waals surface area (Å²) < 4.78 is 5.29. The Labute approximate surface area is 135 Å². The predicted octanol–water partition coefficient (Wildman–Crippen LogP) is 4.65. The first-order valence-electron chi connectivity index (χ1n) is 8.23. The number of amides is 1. The first-order chi connectivity index (χ1) is 10.3. The molecular weight excluding hydrogens is 274 g/mol. The Hall–Kier alpha value is -1.51. The minimum atomic E-state index is 0.00967. The van der Waals surface area contributed by atoms with Gasteiger partial charge in [-0.15, -0.1) is 0 Å². The molecule has 1 aromatic rings. The van der Waals surface area contributed by atoms with Crippen molar-refractivity contribution in [3.8, 4) is 5.75 Å². The van der Waals surface area contributed by atoms with Gasteiger partial charge in [0.2, 0.25) is 5.91 Å². The first kappa shape index (κ1) is 18.5. The van der Waals surface area contributed by atoms with Gasteiger partial charge in [-0.3, -0.25) is 4.79 Å². The van der Waals surface area contributed by atoms with Gasteiger partial charge >= 0.3 is 0 Å². The van der Waals surface area contributed by atoms with Crippen LogP contribution >= 0.6 is 0 Å². The van der Waals surface area contributed by atoms with Crippen LogP contribution in [0, 0.1) is 5.41 Å². The predicted molar refractivity (Wildman–Crippen MR) is 92.0 cm³/mol. The van der Waals surface area contributed by atoms with Crippen LogP contribution < -0.4 is 4.74 Å². The van der Waals surface area contributed by atoms with Crippen LogP contribution in [0.4, 0.5) is 0 Å². The molecule has 1 aromatic carbocycles. The molecule has 3 nitrogen and oxygen atoms in total. The molecule has 3 heteroatoms. The highest BCUT2D eigenvalue weighted by molar-refractivity contribution is 5.77. The maximum absolute atomic E-state index is 12.8. The topological polar surface area (TPSA) is 29.5 Å². The summed E-state index contributed by atoms with van der Waals surface area (Å²) in [6.07, 6.45) is 2.54. The third-order valence-corrected chi connectivity index (χ3v) is 3.87. The second kappa shape index (κ2) is 8.21. The maximum atomic E-state index is 12.8. The highest BCUT2D eigenvalue weighted by atomic mass is 16.5. The highest BCUT2D eigenvalue weighted by Crippen LogP contribution is 2.24. The molecule has 0 saturated heterocycles. The van der Waals surface area contributed by atoms with Gasteiger partial charge in [-0.05, 0) is 36.0 Å². The second-order valence-electron chi connectivity index (χ2n) is 7.08. The summed E-state index contributed by atoms with van der Waals surface area (Å²) in [4.78, 5) is 14.8. The molecule has 0 N–H and O–H groups in total. The fourth-order valence-corrected chi connectivity index (χ4v) is 2.67. The van der Waals surface area contributed by atoms with E-state index in [9.17, 15) is 4.79 Å². The third kappa shape index (κ3) is 5.70. The van der Waals surface area contributed by atoms with Gasteiger partial charge in [0.25, 0.3) is 0 Å². The fraction of sp³-hybridized carbons (Fsp3) is 0.632. The lowest BCUT2D eigenvalue weighted by Crippen LogP contribution is -2.40. The number of hydrogen-bond donors (Lipinski definition) is 0. The normalized spacial score (nSPS) is 11.6. The molecule has 0 aliphatic carbocycles. The van der Waals surface area contributed by atoms with Crippen LogP contribution in [0.15, 0.2) is 24.3 Å². The Morgan fingerprint density at radius 3 is 2.36 bits per heavy atom. The quantitative estimate of drug-likeness (QED) is 0.734. The number of hydrogen-bond acceptors (Lipinski definition) is 2. The molecule has 0 bridgehead atoms. The van der Waals surface area contributed by atoms with Crippen LogP contribution in [-0.4, -0.2) is 24.0 Å². The average molecular weight is 305 g/mol. The Bertz CT molecular complexity index is 473. The summed E-state index contributed by atoms with van der Waals surface area (Å²) in [5, 5.41) is 0. The Kier molecular flexibility index (Phi) is 6.92. The van der Waals surface area contributed by atoms with E-state index in [4.69, 9.17) is 4.74 Å². The summed E-state index contributed by atoms with van der Waals surface area (Å²) in [6.45, 7) is 11.3. The lowest BCUT2D eigenvalue weighted by Gasteiger charge is -2.33. The molecule has 0 unspecified atom stereocenters. The summed E-state index contributed by atoms with van der Waals surface area (Å²) >= 11 is 0. The maximum Gasteiger partial charge on any atom is 0.223 e. The molecule has 0 aliphatic heterocycles. The van der Waals surface area contributed by atoms with Crippen molar-refractivity contribution in [1.29, 1.82) is 0 Å². The molecule has 124 valence electrons. The molecule has 22 heavy (non-hydrogen) atoms. The van der Waals surface area contributed by atoms with Crippen molar-refractivity contribution in [1.82, 2.24) is 4.90 Å². The van der Waals surface area contributed by atoms with Gasteiger partial charge in [0.15, 0.2) is 0 Å². The summed E-state index contributed by atoms with van der Waals surface area (Å²) in [5.74, 6) is 1.08. The number of ether oxygens (including phenoxy) is 1. The lowest BCUT2D eigenvalue weighted by atomic mass is 9.91. The van der Waals surface area contributed by atoms with E-state index in [0.717, 1.165) is 24.2 Å². The Morgan fingerprint density at radius 1 is 1.23 bits per heavy atom. The molecule has 0 aliphatic rings. The Morgan fingerprint density at radius 2 is 1.86 bits per heavy atom. The molecular formula is C19H31NO2. The van der Waals surface area contributed by atoms with Crippen LogP contribution in [-0.2, 0) is 11.3 Å². The zero-order valence-electron chi connectivity index (χ0n) is 15.0. The molecule has 0 spiro atoms. The van der Waals surface area contributed by atoms with E-state index in [1.807, 2.05) is 23.1 Å². The molecule has 0 aromatic heterocycles. The van der Waals surface area contributed by atoms with Crippen LogP contribution in [0.2, 0.25) is 0 Å². The van der Waals surface area contributed by atoms with E-state index in [-0.39, 0.29) is 11.3 Å². The van der Waals surface area contributed by atoms with Crippen LogP contribution in [0.25, 0.3) is 0 Å². The van der Waals surface area contributed by atoms with Crippen molar-refractivity contribution in [3.63, 3.8) is 0 Å². The summed E-state index contributed by atoms with van der Waals surface area (Å²) in [6, 6.07) is 8.28. The van der Waals surface area contributed by atoms with Crippen molar-refractivity contribution in [2.45, 2.75) is 66.5 Å². The minimum absolute atomic E-state index is 0.00967. The number of carbonyl (C=O) groups is 1. The standard InChI is InChI=1S/C19H31NO2/c1-7-16(8-2)20(18(21)13-19(3,4)5)14-15-10-9-11-17(12-15)22-6/h9-12,16H,7-8,13-14H2,1-6H3. The molecule has 0 heterocycles. The Balaban J connectivity index is 2.96. The number of nitrogens with zero attached hydrogens (tertiary/aromatic N) is 1. The molecule has 0 radical (unpaired) electrons. The van der Waals surface area contributed by atoms with Crippen molar-refractivity contribution in [3.05, 3.63) is 29.8 Å². The highest BCUT2D eigenvalue weighted by Gasteiger charge is 2.25. The SMILES string of the molecule is CCC(CC)N(Cc1cccc(OC)c1)C(=O)CC(C)(C)C. The van der Waals surface area contributed by atoms with Gasteiger partial charge < -0.3 is 9.64 Å².